The molecule has 0 radical (unpaired) electrons. The average molecular weight is 166 g/mol. The first-order valence-corrected chi connectivity index (χ1v) is 4.66. The van der Waals surface area contributed by atoms with Crippen molar-refractivity contribution in [1.82, 2.24) is 20.2 Å². The molecule has 0 atom stereocenters. The topological polar surface area (TPSA) is 43.6 Å². The van der Waals surface area contributed by atoms with Crippen molar-refractivity contribution in [2.45, 2.75) is 38.6 Å². The van der Waals surface area contributed by atoms with E-state index in [1.165, 1.54) is 32.1 Å². The number of rotatable bonds is 2. The normalized spacial score (nSPS) is 19.7. The maximum Gasteiger partial charge on any atom is 0.138 e. The number of aromatic nitrogens is 4. The molecule has 0 bridgehead atoms. The molecule has 0 saturated heterocycles. The first kappa shape index (κ1) is 7.71. The summed E-state index contributed by atoms with van der Waals surface area (Å²) >= 11 is 0. The molecule has 1 fully saturated rings. The van der Waals surface area contributed by atoms with Crippen LogP contribution in [-0.4, -0.2) is 20.2 Å². The molecule has 4 heteroatoms. The minimum atomic E-state index is 0.808. The number of hydrogen-bond acceptors (Lipinski definition) is 3. The Morgan fingerprint density at radius 3 is 2.75 bits per heavy atom. The van der Waals surface area contributed by atoms with Gasteiger partial charge in [0, 0.05) is 6.54 Å². The number of nitrogens with zero attached hydrogens (tertiary/aromatic N) is 4. The van der Waals surface area contributed by atoms with E-state index in [4.69, 9.17) is 0 Å². The second-order valence-electron chi connectivity index (χ2n) is 3.54. The highest BCUT2D eigenvalue weighted by Crippen LogP contribution is 2.24. The summed E-state index contributed by atoms with van der Waals surface area (Å²) in [7, 11) is 0. The number of tetrazole rings is 1. The quantitative estimate of drug-likeness (QED) is 0.664. The van der Waals surface area contributed by atoms with Crippen molar-refractivity contribution >= 4 is 0 Å². The van der Waals surface area contributed by atoms with Crippen LogP contribution in [0.2, 0.25) is 0 Å². The lowest BCUT2D eigenvalue weighted by molar-refractivity contribution is 0.305. The Bertz CT molecular complexity index is 213. The van der Waals surface area contributed by atoms with Crippen LogP contribution in [-0.2, 0) is 6.54 Å². The smallest absolute Gasteiger partial charge is 0.138 e. The molecule has 4 nitrogen and oxygen atoms in total. The molecule has 1 saturated carbocycles. The second kappa shape index (κ2) is 3.65. The Balaban J connectivity index is 1.86. The Labute approximate surface area is 72.0 Å². The van der Waals surface area contributed by atoms with Crippen LogP contribution in [0.3, 0.4) is 0 Å². The summed E-state index contributed by atoms with van der Waals surface area (Å²) in [6.07, 6.45) is 8.57. The summed E-state index contributed by atoms with van der Waals surface area (Å²) < 4.78 is 1.84. The first-order valence-electron chi connectivity index (χ1n) is 4.66. The molecule has 2 rings (SSSR count). The summed E-state index contributed by atoms with van der Waals surface area (Å²) in [6, 6.07) is 0. The van der Waals surface area contributed by atoms with Gasteiger partial charge in [-0.25, -0.2) is 4.68 Å². The van der Waals surface area contributed by atoms with E-state index >= 15 is 0 Å². The predicted octanol–water partition coefficient (Wildman–Crippen LogP) is 1.25. The maximum absolute atomic E-state index is 3.87. The van der Waals surface area contributed by atoms with Crippen molar-refractivity contribution in [1.29, 1.82) is 0 Å². The van der Waals surface area contributed by atoms with Gasteiger partial charge in [-0.2, -0.15) is 0 Å². The van der Waals surface area contributed by atoms with Gasteiger partial charge in [-0.1, -0.05) is 19.3 Å². The van der Waals surface area contributed by atoms with Crippen molar-refractivity contribution in [3.63, 3.8) is 0 Å². The van der Waals surface area contributed by atoms with Crippen molar-refractivity contribution in [2.75, 3.05) is 0 Å². The van der Waals surface area contributed by atoms with Gasteiger partial charge in [0.05, 0.1) is 0 Å². The fourth-order valence-electron chi connectivity index (χ4n) is 1.90. The molecular formula is C8H14N4. The zero-order valence-electron chi connectivity index (χ0n) is 7.19. The molecule has 0 N–H and O–H groups in total. The van der Waals surface area contributed by atoms with Gasteiger partial charge in [-0.3, -0.25) is 0 Å². The Morgan fingerprint density at radius 2 is 2.08 bits per heavy atom. The van der Waals surface area contributed by atoms with E-state index in [9.17, 15) is 0 Å². The van der Waals surface area contributed by atoms with E-state index in [2.05, 4.69) is 15.5 Å². The predicted molar refractivity (Wildman–Crippen MR) is 44.4 cm³/mol. The lowest BCUT2D eigenvalue weighted by Gasteiger charge is -2.20. The van der Waals surface area contributed by atoms with Crippen LogP contribution in [0.5, 0.6) is 0 Å². The minimum Gasteiger partial charge on any atom is -0.232 e. The van der Waals surface area contributed by atoms with E-state index in [0.29, 0.717) is 0 Å². The fraction of sp³-hybridized carbons (Fsp3) is 0.875. The molecule has 0 aliphatic heterocycles. The van der Waals surface area contributed by atoms with Gasteiger partial charge < -0.3 is 0 Å². The standard InChI is InChI=1S/C8H14N4/c1-2-4-8(5-3-1)6-12-7-9-10-11-12/h7-8H,1-6H2. The molecule has 1 heterocycles. The summed E-state index contributed by atoms with van der Waals surface area (Å²) in [5.74, 6) is 0.808. The van der Waals surface area contributed by atoms with Crippen LogP contribution in [0, 0.1) is 5.92 Å². The SMILES string of the molecule is c1nnnn1CC1CCCCC1. The summed E-state index contributed by atoms with van der Waals surface area (Å²) in [5, 5.41) is 11.1. The Hall–Kier alpha value is -0.930. The third-order valence-corrected chi connectivity index (χ3v) is 2.56. The molecule has 66 valence electrons. The van der Waals surface area contributed by atoms with Crippen LogP contribution in [0.15, 0.2) is 6.33 Å². The fourth-order valence-corrected chi connectivity index (χ4v) is 1.90. The lowest BCUT2D eigenvalue weighted by atomic mass is 9.89. The molecule has 1 aromatic rings. The van der Waals surface area contributed by atoms with Crippen LogP contribution in [0.4, 0.5) is 0 Å². The molecule has 1 aliphatic rings. The highest BCUT2D eigenvalue weighted by atomic mass is 15.5. The van der Waals surface area contributed by atoms with Gasteiger partial charge in [-0.05, 0) is 29.2 Å². The third kappa shape index (κ3) is 1.81. The summed E-state index contributed by atoms with van der Waals surface area (Å²) in [6.45, 7) is 1.01. The van der Waals surface area contributed by atoms with Gasteiger partial charge in [-0.15, -0.1) is 5.10 Å². The minimum absolute atomic E-state index is 0.808. The highest BCUT2D eigenvalue weighted by Gasteiger charge is 2.13. The molecule has 1 aromatic heterocycles. The van der Waals surface area contributed by atoms with Crippen molar-refractivity contribution in [3.05, 3.63) is 6.33 Å². The van der Waals surface area contributed by atoms with Gasteiger partial charge >= 0.3 is 0 Å². The molecule has 12 heavy (non-hydrogen) atoms. The van der Waals surface area contributed by atoms with Crippen LogP contribution >= 0.6 is 0 Å². The van der Waals surface area contributed by atoms with Crippen LogP contribution in [0.25, 0.3) is 0 Å². The van der Waals surface area contributed by atoms with Gasteiger partial charge in [0.1, 0.15) is 6.33 Å². The van der Waals surface area contributed by atoms with E-state index in [0.717, 1.165) is 12.5 Å². The molecule has 0 spiro atoms. The van der Waals surface area contributed by atoms with E-state index in [-0.39, 0.29) is 0 Å². The summed E-state index contributed by atoms with van der Waals surface area (Å²) in [4.78, 5) is 0. The largest absolute Gasteiger partial charge is 0.232 e. The van der Waals surface area contributed by atoms with Gasteiger partial charge in [0.25, 0.3) is 0 Å². The zero-order chi connectivity index (χ0) is 8.23. The van der Waals surface area contributed by atoms with Crippen molar-refractivity contribution in [3.8, 4) is 0 Å². The van der Waals surface area contributed by atoms with Gasteiger partial charge in [0.2, 0.25) is 0 Å². The van der Waals surface area contributed by atoms with Crippen molar-refractivity contribution < 1.29 is 0 Å². The average Bonchev–Trinajstić information content (AvgIpc) is 2.59. The lowest BCUT2D eigenvalue weighted by Crippen LogP contribution is -2.14. The number of hydrogen-bond donors (Lipinski definition) is 0. The monoisotopic (exact) mass is 166 g/mol. The first-order chi connectivity index (χ1) is 5.95. The van der Waals surface area contributed by atoms with Gasteiger partial charge in [0.15, 0.2) is 0 Å². The molecule has 0 aromatic carbocycles. The molecule has 0 amide bonds. The van der Waals surface area contributed by atoms with E-state index in [1.807, 2.05) is 4.68 Å². The summed E-state index contributed by atoms with van der Waals surface area (Å²) in [5.41, 5.74) is 0. The second-order valence-corrected chi connectivity index (χ2v) is 3.54. The van der Waals surface area contributed by atoms with Crippen molar-refractivity contribution in [2.24, 2.45) is 5.92 Å². The van der Waals surface area contributed by atoms with E-state index in [1.54, 1.807) is 6.33 Å². The third-order valence-electron chi connectivity index (χ3n) is 2.56. The zero-order valence-corrected chi connectivity index (χ0v) is 7.19. The van der Waals surface area contributed by atoms with Crippen LogP contribution in [0.1, 0.15) is 32.1 Å². The Kier molecular flexibility index (Phi) is 2.34. The van der Waals surface area contributed by atoms with Crippen LogP contribution < -0.4 is 0 Å². The van der Waals surface area contributed by atoms with E-state index < -0.39 is 0 Å². The molecular weight excluding hydrogens is 152 g/mol. The highest BCUT2D eigenvalue weighted by molar-refractivity contribution is 4.65. The Morgan fingerprint density at radius 1 is 1.25 bits per heavy atom. The maximum atomic E-state index is 3.87. The molecule has 1 aliphatic carbocycles. The molecule has 0 unspecified atom stereocenters.